The third-order valence-electron chi connectivity index (χ3n) is 2.93. The molecule has 2 rings (SSSR count). The van der Waals surface area contributed by atoms with Crippen molar-refractivity contribution >= 4 is 28.9 Å². The second kappa shape index (κ2) is 5.79. The standard InChI is InChI=1S/C14H15ClN4O/c1-19(10-5-3-4-6-11(10)20-2)14-12(15)9(13(16)17)7-8-18-14/h3-8H,1-2H3,(H3,16,17). The first-order chi connectivity index (χ1) is 9.56. The van der Waals surface area contributed by atoms with E-state index in [2.05, 4.69) is 4.98 Å². The molecule has 0 saturated carbocycles. The van der Waals surface area contributed by atoms with E-state index in [1.54, 1.807) is 24.3 Å². The number of ether oxygens (including phenoxy) is 1. The lowest BCUT2D eigenvalue weighted by Crippen LogP contribution is -2.17. The molecule has 0 aliphatic carbocycles. The summed E-state index contributed by atoms with van der Waals surface area (Å²) in [6.45, 7) is 0. The molecule has 0 bridgehead atoms. The van der Waals surface area contributed by atoms with Crippen molar-refractivity contribution < 1.29 is 4.74 Å². The largest absolute Gasteiger partial charge is 0.495 e. The van der Waals surface area contributed by atoms with Gasteiger partial charge in [0.25, 0.3) is 0 Å². The average molecular weight is 291 g/mol. The SMILES string of the molecule is COc1ccccc1N(C)c1nccc(C(=N)N)c1Cl. The van der Waals surface area contributed by atoms with Gasteiger partial charge in [0.2, 0.25) is 0 Å². The zero-order valence-electron chi connectivity index (χ0n) is 11.2. The van der Waals surface area contributed by atoms with Gasteiger partial charge >= 0.3 is 0 Å². The molecular formula is C14H15ClN4O. The average Bonchev–Trinajstić information content (AvgIpc) is 2.46. The highest BCUT2D eigenvalue weighted by Crippen LogP contribution is 2.35. The summed E-state index contributed by atoms with van der Waals surface area (Å²) >= 11 is 6.28. The van der Waals surface area contributed by atoms with Crippen molar-refractivity contribution in [1.29, 1.82) is 5.41 Å². The van der Waals surface area contributed by atoms with Crippen molar-refractivity contribution in [3.8, 4) is 5.75 Å². The summed E-state index contributed by atoms with van der Waals surface area (Å²) in [4.78, 5) is 6.06. The van der Waals surface area contributed by atoms with Gasteiger partial charge in [-0.1, -0.05) is 23.7 Å². The lowest BCUT2D eigenvalue weighted by molar-refractivity contribution is 0.415. The Bertz CT molecular complexity index is 645. The number of rotatable bonds is 4. The van der Waals surface area contributed by atoms with Crippen LogP contribution in [0.15, 0.2) is 36.5 Å². The quantitative estimate of drug-likeness (QED) is 0.671. The van der Waals surface area contributed by atoms with Crippen molar-refractivity contribution in [1.82, 2.24) is 4.98 Å². The number of hydrogen-bond donors (Lipinski definition) is 2. The van der Waals surface area contributed by atoms with E-state index < -0.39 is 0 Å². The Labute approximate surface area is 122 Å². The van der Waals surface area contributed by atoms with Crippen LogP contribution >= 0.6 is 11.6 Å². The number of anilines is 2. The molecule has 0 aliphatic heterocycles. The van der Waals surface area contributed by atoms with E-state index in [0.717, 1.165) is 5.69 Å². The number of aromatic nitrogens is 1. The van der Waals surface area contributed by atoms with Crippen LogP contribution in [0.5, 0.6) is 5.75 Å². The molecule has 0 amide bonds. The van der Waals surface area contributed by atoms with Crippen LogP contribution in [-0.4, -0.2) is 25.0 Å². The van der Waals surface area contributed by atoms with Gasteiger partial charge in [0.05, 0.1) is 17.8 Å². The van der Waals surface area contributed by atoms with Crippen LogP contribution in [0.3, 0.4) is 0 Å². The Morgan fingerprint density at radius 2 is 2.05 bits per heavy atom. The summed E-state index contributed by atoms with van der Waals surface area (Å²) in [5.41, 5.74) is 6.79. The second-order valence-electron chi connectivity index (χ2n) is 4.14. The van der Waals surface area contributed by atoms with Crippen LogP contribution < -0.4 is 15.4 Å². The highest BCUT2D eigenvalue weighted by molar-refractivity contribution is 6.36. The van der Waals surface area contributed by atoms with Crippen LogP contribution in [0.1, 0.15) is 5.56 Å². The molecule has 0 spiro atoms. The van der Waals surface area contributed by atoms with Gasteiger partial charge < -0.3 is 15.4 Å². The number of pyridine rings is 1. The number of amidine groups is 1. The van der Waals surface area contributed by atoms with Crippen LogP contribution in [0.2, 0.25) is 5.02 Å². The predicted molar refractivity (Wildman–Crippen MR) is 81.3 cm³/mol. The van der Waals surface area contributed by atoms with E-state index in [1.165, 1.54) is 0 Å². The molecule has 0 radical (unpaired) electrons. The molecular weight excluding hydrogens is 276 g/mol. The van der Waals surface area contributed by atoms with Crippen LogP contribution in [-0.2, 0) is 0 Å². The fourth-order valence-electron chi connectivity index (χ4n) is 1.90. The third-order valence-corrected chi connectivity index (χ3v) is 3.30. The minimum absolute atomic E-state index is 0.0907. The molecule has 3 N–H and O–H groups in total. The summed E-state index contributed by atoms with van der Waals surface area (Å²) in [5.74, 6) is 1.14. The Balaban J connectivity index is 2.51. The van der Waals surface area contributed by atoms with Crippen molar-refractivity contribution in [2.75, 3.05) is 19.1 Å². The maximum Gasteiger partial charge on any atom is 0.152 e. The van der Waals surface area contributed by atoms with Gasteiger partial charge in [-0.25, -0.2) is 4.98 Å². The first kappa shape index (κ1) is 14.1. The molecule has 0 aliphatic rings. The summed E-state index contributed by atoms with van der Waals surface area (Å²) in [6, 6.07) is 9.16. The monoisotopic (exact) mass is 290 g/mol. The molecule has 0 fully saturated rings. The number of nitrogen functional groups attached to an aromatic ring is 1. The zero-order valence-corrected chi connectivity index (χ0v) is 12.0. The maximum atomic E-state index is 7.52. The van der Waals surface area contributed by atoms with Crippen molar-refractivity contribution in [3.05, 3.63) is 47.1 Å². The van der Waals surface area contributed by atoms with Crippen LogP contribution in [0.25, 0.3) is 0 Å². The predicted octanol–water partition coefficient (Wildman–Crippen LogP) is 2.80. The maximum absolute atomic E-state index is 7.52. The van der Waals surface area contributed by atoms with Crippen LogP contribution in [0, 0.1) is 5.41 Å². The molecule has 5 nitrogen and oxygen atoms in total. The van der Waals surface area contributed by atoms with E-state index in [1.807, 2.05) is 31.3 Å². The summed E-state index contributed by atoms with van der Waals surface area (Å²) in [5, 5.41) is 7.86. The lowest BCUT2D eigenvalue weighted by atomic mass is 10.2. The highest BCUT2D eigenvalue weighted by Gasteiger charge is 2.16. The Hall–Kier alpha value is -2.27. The van der Waals surface area contributed by atoms with Gasteiger partial charge in [0.1, 0.15) is 11.6 Å². The van der Waals surface area contributed by atoms with E-state index in [9.17, 15) is 0 Å². The topological polar surface area (TPSA) is 75.2 Å². The third kappa shape index (κ3) is 2.53. The van der Waals surface area contributed by atoms with Crippen LogP contribution in [0.4, 0.5) is 11.5 Å². The van der Waals surface area contributed by atoms with Gasteiger partial charge in [-0.05, 0) is 18.2 Å². The molecule has 2 aromatic rings. The fourth-order valence-corrected chi connectivity index (χ4v) is 2.24. The Morgan fingerprint density at radius 3 is 2.70 bits per heavy atom. The van der Waals surface area contributed by atoms with Crippen molar-refractivity contribution in [3.63, 3.8) is 0 Å². The van der Waals surface area contributed by atoms with Gasteiger partial charge in [-0.3, -0.25) is 5.41 Å². The lowest BCUT2D eigenvalue weighted by Gasteiger charge is -2.22. The fraction of sp³-hybridized carbons (Fsp3) is 0.143. The molecule has 1 aromatic heterocycles. The summed E-state index contributed by atoms with van der Waals surface area (Å²) < 4.78 is 5.33. The van der Waals surface area contributed by atoms with Crippen molar-refractivity contribution in [2.45, 2.75) is 0 Å². The minimum atomic E-state index is -0.0907. The molecule has 1 heterocycles. The van der Waals surface area contributed by atoms with Gasteiger partial charge in [-0.2, -0.15) is 0 Å². The summed E-state index contributed by atoms with van der Waals surface area (Å²) in [7, 11) is 3.43. The number of benzene rings is 1. The molecule has 0 atom stereocenters. The number of nitrogens with zero attached hydrogens (tertiary/aromatic N) is 2. The number of halogens is 1. The molecule has 0 saturated heterocycles. The van der Waals surface area contributed by atoms with Gasteiger partial charge in [0.15, 0.2) is 5.82 Å². The van der Waals surface area contributed by atoms with E-state index in [-0.39, 0.29) is 5.84 Å². The van der Waals surface area contributed by atoms with Gasteiger partial charge in [0, 0.05) is 18.8 Å². The number of methoxy groups -OCH3 is 1. The second-order valence-corrected chi connectivity index (χ2v) is 4.52. The number of para-hydroxylation sites is 2. The smallest absolute Gasteiger partial charge is 0.152 e. The normalized spacial score (nSPS) is 10.2. The van der Waals surface area contributed by atoms with E-state index in [4.69, 9.17) is 27.5 Å². The molecule has 0 unspecified atom stereocenters. The molecule has 1 aromatic carbocycles. The first-order valence-electron chi connectivity index (χ1n) is 5.92. The van der Waals surface area contributed by atoms with E-state index >= 15 is 0 Å². The number of nitrogens with two attached hydrogens (primary N) is 1. The Kier molecular flexibility index (Phi) is 4.10. The molecule has 20 heavy (non-hydrogen) atoms. The highest BCUT2D eigenvalue weighted by atomic mass is 35.5. The number of hydrogen-bond acceptors (Lipinski definition) is 4. The zero-order chi connectivity index (χ0) is 14.7. The molecule has 104 valence electrons. The first-order valence-corrected chi connectivity index (χ1v) is 6.29. The number of nitrogens with one attached hydrogen (secondary N) is 1. The van der Waals surface area contributed by atoms with Crippen molar-refractivity contribution in [2.24, 2.45) is 5.73 Å². The minimum Gasteiger partial charge on any atom is -0.495 e. The van der Waals surface area contributed by atoms with Gasteiger partial charge in [-0.15, -0.1) is 0 Å². The summed E-state index contributed by atoms with van der Waals surface area (Å²) in [6.07, 6.45) is 1.57. The Morgan fingerprint density at radius 1 is 1.35 bits per heavy atom. The van der Waals surface area contributed by atoms with E-state index in [0.29, 0.717) is 22.2 Å². The molecule has 6 heteroatoms.